The predicted molar refractivity (Wildman–Crippen MR) is 126 cm³/mol. The summed E-state index contributed by atoms with van der Waals surface area (Å²) in [5.74, 6) is 0.527. The molecule has 2 amide bonds. The normalized spacial score (nSPS) is 15.7. The highest BCUT2D eigenvalue weighted by molar-refractivity contribution is 6.30. The van der Waals surface area contributed by atoms with Crippen LogP contribution in [0.1, 0.15) is 44.9 Å². The monoisotopic (exact) mass is 472 g/mol. The lowest BCUT2D eigenvalue weighted by Crippen LogP contribution is -2.47. The fourth-order valence-corrected chi connectivity index (χ4v) is 3.69. The molecule has 0 spiro atoms. The van der Waals surface area contributed by atoms with Crippen molar-refractivity contribution in [1.82, 2.24) is 10.6 Å². The van der Waals surface area contributed by atoms with Crippen molar-refractivity contribution in [2.24, 2.45) is 5.92 Å². The lowest BCUT2D eigenvalue weighted by Gasteiger charge is -2.31. The summed E-state index contributed by atoms with van der Waals surface area (Å²) in [6.07, 6.45) is 0. The Bertz CT molecular complexity index is 1030. The van der Waals surface area contributed by atoms with Gasteiger partial charge in [-0.2, -0.15) is 0 Å². The maximum absolute atomic E-state index is 12.8. The molecule has 1 atom stereocenters. The molecule has 0 aromatic heterocycles. The van der Waals surface area contributed by atoms with Crippen LogP contribution in [-0.4, -0.2) is 25.2 Å². The third-order valence-electron chi connectivity index (χ3n) is 5.08. The zero-order valence-corrected chi connectivity index (χ0v) is 20.0. The van der Waals surface area contributed by atoms with Crippen molar-refractivity contribution in [1.29, 1.82) is 0 Å². The number of hydrogen-bond donors (Lipinski definition) is 2. The van der Waals surface area contributed by atoms with Gasteiger partial charge in [-0.05, 0) is 55.2 Å². The number of carbonyl (C=O) groups is 2. The Morgan fingerprint density at radius 1 is 1.03 bits per heavy atom. The number of esters is 1. The van der Waals surface area contributed by atoms with Gasteiger partial charge in [-0.25, -0.2) is 9.59 Å². The van der Waals surface area contributed by atoms with E-state index in [1.54, 1.807) is 19.1 Å². The zero-order chi connectivity index (χ0) is 24.0. The molecular formula is C25H29ClN2O5. The SMILES string of the molecule is CCOC(=O)C1=C(C(C)C)NC(=O)NC1c1ccc(OCc2ccc(Cl)cc2)c(OCC)c1. The molecule has 7 nitrogen and oxygen atoms in total. The van der Waals surface area contributed by atoms with Crippen LogP contribution in [0.15, 0.2) is 53.7 Å². The first-order valence-electron chi connectivity index (χ1n) is 11.0. The van der Waals surface area contributed by atoms with Gasteiger partial charge >= 0.3 is 12.0 Å². The highest BCUT2D eigenvalue weighted by Crippen LogP contribution is 2.36. The van der Waals surface area contributed by atoms with E-state index in [1.807, 2.05) is 51.1 Å². The van der Waals surface area contributed by atoms with Crippen LogP contribution >= 0.6 is 11.6 Å². The Labute approximate surface area is 199 Å². The summed E-state index contributed by atoms with van der Waals surface area (Å²) in [6.45, 7) is 8.45. The summed E-state index contributed by atoms with van der Waals surface area (Å²) in [6, 6.07) is 11.7. The van der Waals surface area contributed by atoms with Crippen LogP contribution < -0.4 is 20.1 Å². The molecule has 2 aromatic rings. The lowest BCUT2D eigenvalue weighted by atomic mass is 9.91. The first-order chi connectivity index (χ1) is 15.8. The van der Waals surface area contributed by atoms with Crippen LogP contribution in [0.3, 0.4) is 0 Å². The minimum absolute atomic E-state index is 0.0775. The molecule has 0 aliphatic carbocycles. The van der Waals surface area contributed by atoms with Gasteiger partial charge in [0, 0.05) is 10.7 Å². The van der Waals surface area contributed by atoms with E-state index in [0.29, 0.717) is 46.6 Å². The number of benzene rings is 2. The first-order valence-corrected chi connectivity index (χ1v) is 11.3. The molecule has 8 heteroatoms. The second-order valence-corrected chi connectivity index (χ2v) is 8.22. The number of urea groups is 1. The molecule has 0 saturated carbocycles. The zero-order valence-electron chi connectivity index (χ0n) is 19.2. The molecule has 1 aliphatic rings. The van der Waals surface area contributed by atoms with Gasteiger partial charge in [0.15, 0.2) is 11.5 Å². The number of allylic oxidation sites excluding steroid dienone is 1. The Kier molecular flexibility index (Phi) is 8.22. The first kappa shape index (κ1) is 24.5. The standard InChI is InChI=1S/C25H29ClN2O5/c1-5-31-20-13-17(9-12-19(20)33-14-16-7-10-18(26)11-8-16)23-21(24(29)32-6-2)22(15(3)4)27-25(30)28-23/h7-13,15,23H,5-6,14H2,1-4H3,(H2,27,28,30). The average molecular weight is 473 g/mol. The lowest BCUT2D eigenvalue weighted by molar-refractivity contribution is -0.139. The highest BCUT2D eigenvalue weighted by atomic mass is 35.5. The fraction of sp³-hybridized carbons (Fsp3) is 0.360. The predicted octanol–water partition coefficient (Wildman–Crippen LogP) is 5.14. The molecule has 2 N–H and O–H groups in total. The van der Waals surface area contributed by atoms with Gasteiger partial charge in [0.2, 0.25) is 0 Å². The van der Waals surface area contributed by atoms with E-state index in [2.05, 4.69) is 10.6 Å². The second-order valence-electron chi connectivity index (χ2n) is 7.79. The topological polar surface area (TPSA) is 85.9 Å². The van der Waals surface area contributed by atoms with E-state index in [4.69, 9.17) is 25.8 Å². The average Bonchev–Trinajstić information content (AvgIpc) is 2.79. The smallest absolute Gasteiger partial charge is 0.338 e. The van der Waals surface area contributed by atoms with Crippen molar-refractivity contribution >= 4 is 23.6 Å². The van der Waals surface area contributed by atoms with Crippen molar-refractivity contribution in [3.05, 3.63) is 69.9 Å². The maximum atomic E-state index is 12.8. The minimum Gasteiger partial charge on any atom is -0.490 e. The summed E-state index contributed by atoms with van der Waals surface area (Å²) in [7, 11) is 0. The third-order valence-corrected chi connectivity index (χ3v) is 5.34. The molecule has 0 radical (unpaired) electrons. The minimum atomic E-state index is -0.681. The number of hydrogen-bond acceptors (Lipinski definition) is 5. The molecule has 0 fully saturated rings. The number of rotatable bonds is 9. The second kappa shape index (κ2) is 11.1. The molecule has 1 unspecified atom stereocenters. The van der Waals surface area contributed by atoms with Crippen molar-refractivity contribution in [2.75, 3.05) is 13.2 Å². The summed E-state index contributed by atoms with van der Waals surface area (Å²) < 4.78 is 17.1. The van der Waals surface area contributed by atoms with Gasteiger partial charge < -0.3 is 24.8 Å². The van der Waals surface area contributed by atoms with E-state index >= 15 is 0 Å². The number of nitrogens with one attached hydrogen (secondary N) is 2. The van der Waals surface area contributed by atoms with E-state index in [-0.39, 0.29) is 18.6 Å². The maximum Gasteiger partial charge on any atom is 0.338 e. The van der Waals surface area contributed by atoms with Gasteiger partial charge in [0.05, 0.1) is 24.8 Å². The van der Waals surface area contributed by atoms with Gasteiger partial charge in [-0.15, -0.1) is 0 Å². The Morgan fingerprint density at radius 3 is 2.39 bits per heavy atom. The number of ether oxygens (including phenoxy) is 3. The number of amides is 2. The van der Waals surface area contributed by atoms with Crippen LogP contribution in [0.2, 0.25) is 5.02 Å². The van der Waals surface area contributed by atoms with E-state index < -0.39 is 12.0 Å². The van der Waals surface area contributed by atoms with Gasteiger partial charge in [0.25, 0.3) is 0 Å². The fourth-order valence-electron chi connectivity index (χ4n) is 3.56. The van der Waals surface area contributed by atoms with Gasteiger partial charge in [0.1, 0.15) is 6.61 Å². The van der Waals surface area contributed by atoms with Crippen LogP contribution in [0.25, 0.3) is 0 Å². The summed E-state index contributed by atoms with van der Waals surface area (Å²) in [5.41, 5.74) is 2.57. The van der Waals surface area contributed by atoms with Crippen LogP contribution in [0.4, 0.5) is 4.79 Å². The molecule has 176 valence electrons. The van der Waals surface area contributed by atoms with Gasteiger partial charge in [-0.1, -0.05) is 43.6 Å². The van der Waals surface area contributed by atoms with E-state index in [0.717, 1.165) is 5.56 Å². The Balaban J connectivity index is 1.95. The molecular weight excluding hydrogens is 444 g/mol. The van der Waals surface area contributed by atoms with Crippen LogP contribution in [0.5, 0.6) is 11.5 Å². The molecule has 0 bridgehead atoms. The molecule has 3 rings (SSSR count). The molecule has 0 saturated heterocycles. The number of halogens is 1. The van der Waals surface area contributed by atoms with Crippen molar-refractivity contribution in [3.63, 3.8) is 0 Å². The molecule has 33 heavy (non-hydrogen) atoms. The van der Waals surface area contributed by atoms with Crippen molar-refractivity contribution in [2.45, 2.75) is 40.3 Å². The summed E-state index contributed by atoms with van der Waals surface area (Å²) in [5, 5.41) is 6.26. The summed E-state index contributed by atoms with van der Waals surface area (Å²) >= 11 is 5.95. The van der Waals surface area contributed by atoms with Crippen LogP contribution in [-0.2, 0) is 16.1 Å². The van der Waals surface area contributed by atoms with E-state index in [1.165, 1.54) is 0 Å². The largest absolute Gasteiger partial charge is 0.490 e. The number of carbonyl (C=O) groups excluding carboxylic acids is 2. The van der Waals surface area contributed by atoms with Crippen LogP contribution in [0, 0.1) is 5.92 Å². The molecule has 1 heterocycles. The highest BCUT2D eigenvalue weighted by Gasteiger charge is 2.35. The van der Waals surface area contributed by atoms with Gasteiger partial charge in [-0.3, -0.25) is 0 Å². The Morgan fingerprint density at radius 2 is 1.76 bits per heavy atom. The van der Waals surface area contributed by atoms with Crippen molar-refractivity contribution in [3.8, 4) is 11.5 Å². The van der Waals surface area contributed by atoms with Crippen molar-refractivity contribution < 1.29 is 23.8 Å². The molecule has 2 aromatic carbocycles. The third kappa shape index (κ3) is 5.99. The Hall–Kier alpha value is -3.19. The van der Waals surface area contributed by atoms with E-state index in [9.17, 15) is 9.59 Å². The molecule has 1 aliphatic heterocycles. The summed E-state index contributed by atoms with van der Waals surface area (Å²) in [4.78, 5) is 25.2. The quantitative estimate of drug-likeness (QED) is 0.493.